The zero-order valence-electron chi connectivity index (χ0n) is 6.62. The predicted octanol–water partition coefficient (Wildman–Crippen LogP) is -0.182. The maximum atomic E-state index is 8.53. The number of hydrogen-bond donors (Lipinski definition) is 2. The van der Waals surface area contributed by atoms with E-state index in [-0.39, 0.29) is 25.5 Å². The van der Waals surface area contributed by atoms with Crippen molar-refractivity contribution in [2.45, 2.75) is 6.42 Å². The molecule has 1 aromatic heterocycles. The van der Waals surface area contributed by atoms with E-state index in [0.717, 1.165) is 5.69 Å². The number of hydrogen-bond acceptors (Lipinski definition) is 3. The van der Waals surface area contributed by atoms with E-state index in [1.54, 1.807) is 6.07 Å². The summed E-state index contributed by atoms with van der Waals surface area (Å²) in [4.78, 5) is 3.98. The van der Waals surface area contributed by atoms with E-state index in [0.29, 0.717) is 12.2 Å². The van der Waals surface area contributed by atoms with Crippen molar-refractivity contribution >= 4 is 24.7 Å². The summed E-state index contributed by atoms with van der Waals surface area (Å²) >= 11 is 0. The average Bonchev–Trinajstić information content (AvgIpc) is 1.88. The summed E-state index contributed by atoms with van der Waals surface area (Å²) in [5.74, 6) is 0.506. The average molecular weight is 145 g/mol. The Labute approximate surface area is 77.8 Å². The maximum absolute atomic E-state index is 8.53. The van der Waals surface area contributed by atoms with Gasteiger partial charge in [0.05, 0.1) is 0 Å². The minimum absolute atomic E-state index is 0. The Balaban J connectivity index is 0.000001000. The molecule has 1 rings (SSSR count). The summed E-state index contributed by atoms with van der Waals surface area (Å²) < 4.78 is 0. The van der Waals surface area contributed by atoms with Crippen LogP contribution in [0.15, 0.2) is 18.2 Å². The minimum atomic E-state index is 0. The van der Waals surface area contributed by atoms with Gasteiger partial charge >= 0.3 is 0 Å². The van der Waals surface area contributed by atoms with Gasteiger partial charge in [0.1, 0.15) is 5.82 Å². The van der Waals surface area contributed by atoms with Gasteiger partial charge in [-0.3, -0.25) is 0 Å². The fraction of sp³-hybridized carbons (Fsp3) is 0.286. The summed E-state index contributed by atoms with van der Waals surface area (Å²) in [6.07, 6.45) is 0.574. The third-order valence-corrected chi connectivity index (χ3v) is 1.20. The molecule has 0 aliphatic carbocycles. The number of aromatic nitrogens is 1. The van der Waals surface area contributed by atoms with Crippen LogP contribution in [0.25, 0.3) is 0 Å². The molecule has 3 N–H and O–H groups in total. The number of aliphatic hydroxyl groups excluding tert-OH is 1. The molecular formula is C7H10LiN2O. The van der Waals surface area contributed by atoms with Gasteiger partial charge in [0.2, 0.25) is 0 Å². The van der Waals surface area contributed by atoms with Crippen molar-refractivity contribution in [2.75, 3.05) is 12.3 Å². The van der Waals surface area contributed by atoms with Crippen LogP contribution in [0.5, 0.6) is 0 Å². The Kier molecular flexibility index (Phi) is 4.96. The summed E-state index contributed by atoms with van der Waals surface area (Å²) in [7, 11) is 0. The molecule has 0 amide bonds. The van der Waals surface area contributed by atoms with Crippen LogP contribution in [0.1, 0.15) is 5.69 Å². The first-order valence-electron chi connectivity index (χ1n) is 3.15. The van der Waals surface area contributed by atoms with Crippen molar-refractivity contribution in [3.05, 3.63) is 23.9 Å². The van der Waals surface area contributed by atoms with Gasteiger partial charge in [-0.1, -0.05) is 6.07 Å². The second kappa shape index (κ2) is 5.20. The Morgan fingerprint density at radius 1 is 1.45 bits per heavy atom. The van der Waals surface area contributed by atoms with Crippen LogP contribution in [0.2, 0.25) is 0 Å². The third kappa shape index (κ3) is 3.43. The molecule has 55 valence electrons. The summed E-state index contributed by atoms with van der Waals surface area (Å²) in [6.45, 7) is 0.121. The molecule has 0 aliphatic heterocycles. The van der Waals surface area contributed by atoms with Gasteiger partial charge in [0.25, 0.3) is 0 Å². The second-order valence-corrected chi connectivity index (χ2v) is 2.03. The van der Waals surface area contributed by atoms with Gasteiger partial charge in [-0.05, 0) is 12.1 Å². The van der Waals surface area contributed by atoms with E-state index in [1.165, 1.54) is 0 Å². The van der Waals surface area contributed by atoms with E-state index in [2.05, 4.69) is 4.98 Å². The van der Waals surface area contributed by atoms with E-state index in [9.17, 15) is 0 Å². The molecule has 0 spiro atoms. The molecule has 1 radical (unpaired) electrons. The number of pyridine rings is 1. The van der Waals surface area contributed by atoms with E-state index < -0.39 is 0 Å². The smallest absolute Gasteiger partial charge is 0.123 e. The fourth-order valence-electron chi connectivity index (χ4n) is 0.752. The number of anilines is 1. The predicted molar refractivity (Wildman–Crippen MR) is 45.2 cm³/mol. The largest absolute Gasteiger partial charge is 0.396 e. The molecule has 1 heterocycles. The van der Waals surface area contributed by atoms with E-state index in [4.69, 9.17) is 10.8 Å². The molecular weight excluding hydrogens is 135 g/mol. The zero-order chi connectivity index (χ0) is 7.40. The molecule has 0 fully saturated rings. The van der Waals surface area contributed by atoms with Gasteiger partial charge in [0.15, 0.2) is 0 Å². The third-order valence-electron chi connectivity index (χ3n) is 1.20. The van der Waals surface area contributed by atoms with Crippen molar-refractivity contribution in [2.24, 2.45) is 0 Å². The molecule has 3 nitrogen and oxygen atoms in total. The molecule has 1 aromatic rings. The number of rotatable bonds is 2. The van der Waals surface area contributed by atoms with Crippen LogP contribution in [0.4, 0.5) is 5.82 Å². The van der Waals surface area contributed by atoms with Crippen LogP contribution in [-0.2, 0) is 6.42 Å². The maximum Gasteiger partial charge on any atom is 0.123 e. The Morgan fingerprint density at radius 3 is 2.73 bits per heavy atom. The SMILES string of the molecule is Nc1cccc(CCO)n1.[Li]. The number of nitrogens with two attached hydrogens (primary N) is 1. The van der Waals surface area contributed by atoms with Crippen molar-refractivity contribution in [1.82, 2.24) is 4.98 Å². The summed E-state index contributed by atoms with van der Waals surface area (Å²) in [5.41, 5.74) is 6.23. The molecule has 0 saturated carbocycles. The van der Waals surface area contributed by atoms with Gasteiger partial charge in [-0.25, -0.2) is 4.98 Å². The van der Waals surface area contributed by atoms with Crippen LogP contribution in [0, 0.1) is 0 Å². The molecule has 0 atom stereocenters. The van der Waals surface area contributed by atoms with Crippen molar-refractivity contribution in [3.8, 4) is 0 Å². The molecule has 0 bridgehead atoms. The first-order chi connectivity index (χ1) is 4.83. The van der Waals surface area contributed by atoms with Gasteiger partial charge in [-0.15, -0.1) is 0 Å². The van der Waals surface area contributed by atoms with Crippen molar-refractivity contribution in [1.29, 1.82) is 0 Å². The Hall–Kier alpha value is -0.493. The van der Waals surface area contributed by atoms with Crippen LogP contribution < -0.4 is 5.73 Å². The van der Waals surface area contributed by atoms with Gasteiger partial charge < -0.3 is 10.8 Å². The van der Waals surface area contributed by atoms with Crippen LogP contribution in [-0.4, -0.2) is 35.6 Å². The zero-order valence-corrected chi connectivity index (χ0v) is 6.62. The quantitative estimate of drug-likeness (QED) is 0.567. The minimum Gasteiger partial charge on any atom is -0.396 e. The Morgan fingerprint density at radius 2 is 2.18 bits per heavy atom. The second-order valence-electron chi connectivity index (χ2n) is 2.03. The Bertz CT molecular complexity index is 217. The van der Waals surface area contributed by atoms with E-state index >= 15 is 0 Å². The normalized spacial score (nSPS) is 8.82. The standard InChI is InChI=1S/C7H10N2O.Li/c8-7-3-1-2-6(9-7)4-5-10;/h1-3,10H,4-5H2,(H2,8,9);. The molecule has 11 heavy (non-hydrogen) atoms. The summed E-state index contributed by atoms with van der Waals surface area (Å²) in [6, 6.07) is 5.39. The molecule has 4 heteroatoms. The topological polar surface area (TPSA) is 59.1 Å². The van der Waals surface area contributed by atoms with Gasteiger partial charge in [0, 0.05) is 37.6 Å². The van der Waals surface area contributed by atoms with Crippen LogP contribution in [0.3, 0.4) is 0 Å². The monoisotopic (exact) mass is 145 g/mol. The molecule has 0 aliphatic rings. The molecule has 0 unspecified atom stereocenters. The molecule has 0 saturated heterocycles. The van der Waals surface area contributed by atoms with Crippen LogP contribution >= 0.6 is 0 Å². The molecule has 0 aromatic carbocycles. The number of nitrogen functional groups attached to an aromatic ring is 1. The van der Waals surface area contributed by atoms with E-state index in [1.807, 2.05) is 12.1 Å². The summed E-state index contributed by atoms with van der Waals surface area (Å²) in [5, 5.41) is 8.53. The number of aliphatic hydroxyl groups is 1. The first-order valence-corrected chi connectivity index (χ1v) is 3.15. The van der Waals surface area contributed by atoms with Gasteiger partial charge in [-0.2, -0.15) is 0 Å². The van der Waals surface area contributed by atoms with Crippen molar-refractivity contribution < 1.29 is 5.11 Å². The fourth-order valence-corrected chi connectivity index (χ4v) is 0.752. The number of nitrogens with zero attached hydrogens (tertiary/aromatic N) is 1. The first kappa shape index (κ1) is 10.5. The van der Waals surface area contributed by atoms with Crippen molar-refractivity contribution in [3.63, 3.8) is 0 Å².